The smallest absolute Gasteiger partial charge is 0.229 e. The second-order valence-corrected chi connectivity index (χ2v) is 7.72. The largest absolute Gasteiger partial charge is 0.508 e. The highest BCUT2D eigenvalue weighted by Gasteiger charge is 2.21. The molecule has 0 aliphatic rings. The van der Waals surface area contributed by atoms with Crippen LogP contribution < -0.4 is 16.8 Å². The van der Waals surface area contributed by atoms with Gasteiger partial charge in [0, 0.05) is 24.3 Å². The number of nitrogens with one attached hydrogen (secondary N) is 1. The number of carbonyl (C=O) groups excluding carboxylic acids is 1. The Morgan fingerprint density at radius 1 is 1.06 bits per heavy atom. The van der Waals surface area contributed by atoms with E-state index >= 15 is 0 Å². The summed E-state index contributed by atoms with van der Waals surface area (Å²) in [5, 5.41) is 23.2. The third kappa shape index (κ3) is 6.04. The molecule has 1 amide bonds. The lowest BCUT2D eigenvalue weighted by Gasteiger charge is -2.19. The zero-order chi connectivity index (χ0) is 22.4. The molecule has 7 heteroatoms. The molecule has 0 radical (unpaired) electrons. The first kappa shape index (κ1) is 22.3. The Balaban J connectivity index is 1.65. The van der Waals surface area contributed by atoms with E-state index in [9.17, 15) is 15.0 Å². The van der Waals surface area contributed by atoms with Gasteiger partial charge in [0.25, 0.3) is 0 Å². The van der Waals surface area contributed by atoms with Crippen LogP contribution in [-0.2, 0) is 11.2 Å². The third-order valence-electron chi connectivity index (χ3n) is 5.19. The summed E-state index contributed by atoms with van der Waals surface area (Å²) in [5.41, 5.74) is 14.5. The summed E-state index contributed by atoms with van der Waals surface area (Å²) in [6.07, 6.45) is 1.60. The molecule has 0 aliphatic heterocycles. The predicted molar refractivity (Wildman–Crippen MR) is 120 cm³/mol. The highest BCUT2D eigenvalue weighted by atomic mass is 16.3. The van der Waals surface area contributed by atoms with Crippen molar-refractivity contribution in [3.8, 4) is 5.75 Å². The number of nitrogen functional groups attached to an aromatic ring is 1. The van der Waals surface area contributed by atoms with E-state index in [2.05, 4.69) is 10.3 Å². The average Bonchev–Trinajstić information content (AvgIpc) is 2.74. The molecule has 7 N–H and O–H groups in total. The lowest BCUT2D eigenvalue weighted by Crippen LogP contribution is -2.32. The van der Waals surface area contributed by atoms with E-state index in [1.807, 2.05) is 31.2 Å². The van der Waals surface area contributed by atoms with E-state index in [-0.39, 0.29) is 11.8 Å². The molecule has 1 heterocycles. The van der Waals surface area contributed by atoms with Crippen molar-refractivity contribution >= 4 is 11.7 Å². The highest BCUT2D eigenvalue weighted by molar-refractivity contribution is 5.85. The molecule has 3 atom stereocenters. The molecular formula is C24H28N4O3. The van der Waals surface area contributed by atoms with E-state index in [1.165, 1.54) is 0 Å². The number of rotatable bonds is 9. The minimum absolute atomic E-state index is 0.0901. The van der Waals surface area contributed by atoms with Crippen LogP contribution in [0.15, 0.2) is 66.9 Å². The van der Waals surface area contributed by atoms with Crippen molar-refractivity contribution in [1.82, 2.24) is 10.3 Å². The molecule has 0 fully saturated rings. The molecule has 31 heavy (non-hydrogen) atoms. The number of nitrogens with zero attached hydrogens (tertiary/aromatic N) is 1. The Bertz CT molecular complexity index is 1010. The quantitative estimate of drug-likeness (QED) is 0.360. The number of hydrogen-bond acceptors (Lipinski definition) is 6. The van der Waals surface area contributed by atoms with Gasteiger partial charge in [0.15, 0.2) is 0 Å². The Morgan fingerprint density at radius 3 is 2.42 bits per heavy atom. The highest BCUT2D eigenvalue weighted by Crippen LogP contribution is 2.27. The van der Waals surface area contributed by atoms with Crippen molar-refractivity contribution in [3.63, 3.8) is 0 Å². The van der Waals surface area contributed by atoms with Gasteiger partial charge in [0.2, 0.25) is 5.91 Å². The van der Waals surface area contributed by atoms with Gasteiger partial charge in [0.05, 0.1) is 12.0 Å². The number of hydrogen-bond donors (Lipinski definition) is 5. The predicted octanol–water partition coefficient (Wildman–Crippen LogP) is 2.24. The fraction of sp³-hybridized carbons (Fsp3) is 0.250. The SMILES string of the molecule is C[C@H](Cc1cccc(C(C(N)=O)c2ccc(O)cc2)c1)NC[C@H](O)c1ccc(N)nc1. The lowest BCUT2D eigenvalue weighted by atomic mass is 9.89. The van der Waals surface area contributed by atoms with Crippen LogP contribution in [0.25, 0.3) is 0 Å². The first-order chi connectivity index (χ1) is 14.8. The minimum atomic E-state index is -0.685. The standard InChI is InChI=1S/C24H28N4O3/c1-15(27-14-21(30)19-7-10-22(25)28-13-19)11-16-3-2-4-18(12-16)23(24(26)31)17-5-8-20(29)9-6-17/h2-10,12-13,15,21,23,27,29-30H,11,14H2,1H3,(H2,25,28)(H2,26,31)/t15-,21+,23?/m1/s1. The monoisotopic (exact) mass is 420 g/mol. The number of aromatic hydroxyl groups is 1. The Morgan fingerprint density at radius 2 is 1.77 bits per heavy atom. The van der Waals surface area contributed by atoms with E-state index in [1.54, 1.807) is 42.6 Å². The normalized spacial score (nSPS) is 14.0. The number of benzene rings is 2. The lowest BCUT2D eigenvalue weighted by molar-refractivity contribution is -0.118. The number of aliphatic hydroxyl groups excluding tert-OH is 1. The summed E-state index contributed by atoms with van der Waals surface area (Å²) < 4.78 is 0. The maximum absolute atomic E-state index is 12.2. The number of pyridine rings is 1. The van der Waals surface area contributed by atoms with Crippen LogP contribution in [0.4, 0.5) is 5.82 Å². The van der Waals surface area contributed by atoms with Gasteiger partial charge in [-0.25, -0.2) is 4.98 Å². The fourth-order valence-corrected chi connectivity index (χ4v) is 3.56. The van der Waals surface area contributed by atoms with Crippen LogP contribution in [0.3, 0.4) is 0 Å². The van der Waals surface area contributed by atoms with Gasteiger partial charge in [-0.3, -0.25) is 4.79 Å². The van der Waals surface area contributed by atoms with Crippen molar-refractivity contribution in [2.24, 2.45) is 5.73 Å². The molecule has 0 aliphatic carbocycles. The molecule has 7 nitrogen and oxygen atoms in total. The maximum atomic E-state index is 12.2. The van der Waals surface area contributed by atoms with Crippen molar-refractivity contribution in [2.75, 3.05) is 12.3 Å². The van der Waals surface area contributed by atoms with Gasteiger partial charge in [-0.15, -0.1) is 0 Å². The van der Waals surface area contributed by atoms with E-state index in [0.29, 0.717) is 24.3 Å². The average molecular weight is 421 g/mol. The van der Waals surface area contributed by atoms with Crippen LogP contribution in [0, 0.1) is 0 Å². The van der Waals surface area contributed by atoms with Crippen molar-refractivity contribution in [1.29, 1.82) is 0 Å². The first-order valence-electron chi connectivity index (χ1n) is 10.1. The Labute approximate surface area is 181 Å². The Kier molecular flexibility index (Phi) is 7.23. The van der Waals surface area contributed by atoms with Crippen molar-refractivity contribution in [3.05, 3.63) is 89.1 Å². The summed E-state index contributed by atoms with van der Waals surface area (Å²) in [7, 11) is 0. The van der Waals surface area contributed by atoms with Crippen LogP contribution >= 0.6 is 0 Å². The number of primary amides is 1. The molecule has 0 spiro atoms. The number of aromatic nitrogens is 1. The topological polar surface area (TPSA) is 134 Å². The number of aliphatic hydroxyl groups is 1. The minimum Gasteiger partial charge on any atom is -0.508 e. The third-order valence-corrected chi connectivity index (χ3v) is 5.19. The van der Waals surface area contributed by atoms with Crippen LogP contribution in [0.1, 0.15) is 41.2 Å². The zero-order valence-corrected chi connectivity index (χ0v) is 17.4. The molecule has 2 aromatic carbocycles. The van der Waals surface area contributed by atoms with Gasteiger partial charge in [0.1, 0.15) is 11.6 Å². The second kappa shape index (κ2) is 10.1. The summed E-state index contributed by atoms with van der Waals surface area (Å²) in [6, 6.07) is 17.8. The fourth-order valence-electron chi connectivity index (χ4n) is 3.56. The molecule has 0 saturated carbocycles. The molecule has 0 bridgehead atoms. The van der Waals surface area contributed by atoms with Gasteiger partial charge in [-0.2, -0.15) is 0 Å². The molecular weight excluding hydrogens is 392 g/mol. The van der Waals surface area contributed by atoms with Gasteiger partial charge in [-0.05, 0) is 48.2 Å². The second-order valence-electron chi connectivity index (χ2n) is 7.72. The van der Waals surface area contributed by atoms with E-state index < -0.39 is 17.9 Å². The van der Waals surface area contributed by atoms with Gasteiger partial charge >= 0.3 is 0 Å². The number of nitrogens with two attached hydrogens (primary N) is 2. The molecule has 1 aromatic heterocycles. The van der Waals surface area contributed by atoms with E-state index in [0.717, 1.165) is 16.7 Å². The number of amides is 1. The summed E-state index contributed by atoms with van der Waals surface area (Å²) >= 11 is 0. The van der Waals surface area contributed by atoms with Crippen LogP contribution in [0.2, 0.25) is 0 Å². The number of carbonyl (C=O) groups is 1. The number of anilines is 1. The molecule has 1 unspecified atom stereocenters. The van der Waals surface area contributed by atoms with Crippen molar-refractivity contribution < 1.29 is 15.0 Å². The molecule has 3 aromatic rings. The van der Waals surface area contributed by atoms with E-state index in [4.69, 9.17) is 11.5 Å². The molecule has 162 valence electrons. The first-order valence-corrected chi connectivity index (χ1v) is 10.1. The summed E-state index contributed by atoms with van der Waals surface area (Å²) in [4.78, 5) is 16.2. The Hall–Kier alpha value is -3.42. The molecule has 3 rings (SSSR count). The number of phenols is 1. The number of phenolic OH excluding ortho intramolecular Hbond substituents is 1. The maximum Gasteiger partial charge on any atom is 0.229 e. The zero-order valence-electron chi connectivity index (χ0n) is 17.4. The van der Waals surface area contributed by atoms with Crippen LogP contribution in [0.5, 0.6) is 5.75 Å². The van der Waals surface area contributed by atoms with Gasteiger partial charge < -0.3 is 27.0 Å². The molecule has 0 saturated heterocycles. The van der Waals surface area contributed by atoms with Gasteiger partial charge in [-0.1, -0.05) is 42.5 Å². The van der Waals surface area contributed by atoms with Crippen molar-refractivity contribution in [2.45, 2.75) is 31.4 Å². The summed E-state index contributed by atoms with van der Waals surface area (Å²) in [6.45, 7) is 2.41. The summed E-state index contributed by atoms with van der Waals surface area (Å²) in [5.74, 6) is -0.491. The van der Waals surface area contributed by atoms with Crippen LogP contribution in [-0.4, -0.2) is 33.7 Å².